The topological polar surface area (TPSA) is 72.6 Å². The number of nitrogen functional groups attached to an aromatic ring is 1. The van der Waals surface area contributed by atoms with Crippen LogP contribution in [0.5, 0.6) is 0 Å². The van der Waals surface area contributed by atoms with Gasteiger partial charge in [0.2, 0.25) is 12.0 Å². The smallest absolute Gasteiger partial charge is 0.250 e. The second kappa shape index (κ2) is 6.65. The Balaban J connectivity index is 0.00000162. The van der Waals surface area contributed by atoms with E-state index < -0.39 is 0 Å². The standard InChI is InChI=1S/C11H18N6.BrH/c1-3-13-5-6-17-8-15-11-9(10(17)12)14-7-16(11)4-2;/h7-8,12-13H,3-6H2,1-2H3;1H. The number of nitrogens with one attached hydrogen (secondary N) is 1. The number of nitrogens with two attached hydrogens (primary N) is 1. The van der Waals surface area contributed by atoms with Crippen molar-refractivity contribution in [3.8, 4) is 0 Å². The van der Waals surface area contributed by atoms with E-state index in [1.165, 1.54) is 0 Å². The Labute approximate surface area is 117 Å². The first kappa shape index (κ1) is 14.8. The Kier molecular flexibility index (Phi) is 5.49. The van der Waals surface area contributed by atoms with Gasteiger partial charge in [0.05, 0.1) is 12.9 Å². The molecule has 7 heteroatoms. The summed E-state index contributed by atoms with van der Waals surface area (Å²) in [6, 6.07) is 0. The van der Waals surface area contributed by atoms with Crippen molar-refractivity contribution in [2.24, 2.45) is 0 Å². The predicted octanol–water partition coefficient (Wildman–Crippen LogP) is -3.07. The molecule has 6 nitrogen and oxygen atoms in total. The lowest BCUT2D eigenvalue weighted by Crippen LogP contribution is -3.00. The molecule has 2 aromatic rings. The van der Waals surface area contributed by atoms with Crippen molar-refractivity contribution in [1.29, 1.82) is 0 Å². The van der Waals surface area contributed by atoms with Crippen molar-refractivity contribution in [1.82, 2.24) is 19.9 Å². The van der Waals surface area contributed by atoms with Crippen LogP contribution in [0.15, 0.2) is 12.7 Å². The third-order valence-corrected chi connectivity index (χ3v) is 2.80. The van der Waals surface area contributed by atoms with Gasteiger partial charge in [-0.25, -0.2) is 9.55 Å². The molecular weight excluding hydrogens is 296 g/mol. The number of likely N-dealkylation sites (N-methyl/N-ethyl adjacent to an activating group) is 1. The van der Waals surface area contributed by atoms with E-state index in [2.05, 4.69) is 29.1 Å². The quantitative estimate of drug-likeness (QED) is 0.454. The Hall–Kier alpha value is -1.21. The van der Waals surface area contributed by atoms with Crippen molar-refractivity contribution in [2.45, 2.75) is 26.9 Å². The molecule has 0 saturated heterocycles. The van der Waals surface area contributed by atoms with E-state index in [-0.39, 0.29) is 17.0 Å². The highest BCUT2D eigenvalue weighted by atomic mass is 79.9. The van der Waals surface area contributed by atoms with Crippen LogP contribution in [-0.2, 0) is 13.1 Å². The lowest BCUT2D eigenvalue weighted by atomic mass is 10.4. The Bertz CT molecular complexity index is 509. The molecule has 2 rings (SSSR count). The van der Waals surface area contributed by atoms with Crippen LogP contribution in [0.3, 0.4) is 0 Å². The molecule has 0 unspecified atom stereocenters. The average Bonchev–Trinajstić information content (AvgIpc) is 2.76. The maximum Gasteiger partial charge on any atom is 0.250 e. The molecule has 2 heterocycles. The minimum atomic E-state index is 0. The van der Waals surface area contributed by atoms with Crippen LogP contribution < -0.4 is 32.6 Å². The normalized spacial score (nSPS) is 10.6. The summed E-state index contributed by atoms with van der Waals surface area (Å²) in [4.78, 5) is 8.72. The van der Waals surface area contributed by atoms with Crippen molar-refractivity contribution in [2.75, 3.05) is 18.8 Å². The first-order valence-electron chi connectivity index (χ1n) is 5.97. The summed E-state index contributed by atoms with van der Waals surface area (Å²) in [6.07, 6.45) is 3.56. The summed E-state index contributed by atoms with van der Waals surface area (Å²) >= 11 is 0. The highest BCUT2D eigenvalue weighted by molar-refractivity contribution is 5.79. The fourth-order valence-corrected chi connectivity index (χ4v) is 1.80. The van der Waals surface area contributed by atoms with Gasteiger partial charge in [-0.05, 0) is 13.5 Å². The molecule has 0 aliphatic heterocycles. The van der Waals surface area contributed by atoms with Gasteiger partial charge in [0.15, 0.2) is 5.52 Å². The van der Waals surface area contributed by atoms with Crippen LogP contribution >= 0.6 is 0 Å². The summed E-state index contributed by atoms with van der Waals surface area (Å²) in [5.41, 5.74) is 7.72. The number of halogens is 1. The highest BCUT2D eigenvalue weighted by Crippen LogP contribution is 2.12. The van der Waals surface area contributed by atoms with Crippen LogP contribution in [0.4, 0.5) is 5.82 Å². The molecule has 0 aliphatic rings. The highest BCUT2D eigenvalue weighted by Gasteiger charge is 2.15. The third kappa shape index (κ3) is 2.78. The van der Waals surface area contributed by atoms with Gasteiger partial charge in [-0.2, -0.15) is 0 Å². The van der Waals surface area contributed by atoms with Gasteiger partial charge in [0.1, 0.15) is 0 Å². The van der Waals surface area contributed by atoms with E-state index >= 15 is 0 Å². The van der Waals surface area contributed by atoms with Gasteiger partial charge in [-0.15, -0.1) is 0 Å². The zero-order chi connectivity index (χ0) is 12.3. The van der Waals surface area contributed by atoms with Crippen molar-refractivity contribution in [3.63, 3.8) is 0 Å². The molecule has 0 aromatic carbocycles. The number of rotatable bonds is 5. The lowest BCUT2D eigenvalue weighted by molar-refractivity contribution is -0.682. The molecular formula is C11H19BrN6. The van der Waals surface area contributed by atoms with E-state index in [9.17, 15) is 0 Å². The number of aromatic nitrogens is 4. The monoisotopic (exact) mass is 314 g/mol. The second-order valence-corrected chi connectivity index (χ2v) is 3.88. The van der Waals surface area contributed by atoms with Crippen molar-refractivity contribution >= 4 is 17.0 Å². The maximum absolute atomic E-state index is 6.09. The summed E-state index contributed by atoms with van der Waals surface area (Å²) in [5.74, 6) is 0.681. The van der Waals surface area contributed by atoms with E-state index in [1.54, 1.807) is 12.7 Å². The van der Waals surface area contributed by atoms with E-state index in [0.29, 0.717) is 5.82 Å². The molecule has 0 amide bonds. The molecule has 18 heavy (non-hydrogen) atoms. The van der Waals surface area contributed by atoms with Gasteiger partial charge in [-0.1, -0.05) is 11.9 Å². The third-order valence-electron chi connectivity index (χ3n) is 2.80. The second-order valence-electron chi connectivity index (χ2n) is 3.88. The average molecular weight is 315 g/mol. The number of nitrogens with zero attached hydrogens (tertiary/aromatic N) is 4. The largest absolute Gasteiger partial charge is 1.00 e. The van der Waals surface area contributed by atoms with Crippen LogP contribution in [-0.4, -0.2) is 27.6 Å². The molecule has 0 saturated carbocycles. The van der Waals surface area contributed by atoms with Crippen molar-refractivity contribution < 1.29 is 21.5 Å². The van der Waals surface area contributed by atoms with Crippen LogP contribution in [0.2, 0.25) is 0 Å². The molecule has 0 aliphatic carbocycles. The van der Waals surface area contributed by atoms with Gasteiger partial charge < -0.3 is 32.6 Å². The SMILES string of the molecule is CCNCC[n+]1cnc2c(ncn2CC)c1N.[Br-]. The lowest BCUT2D eigenvalue weighted by Gasteiger charge is -2.04. The van der Waals surface area contributed by atoms with Gasteiger partial charge in [0.25, 0.3) is 5.82 Å². The maximum atomic E-state index is 6.09. The molecule has 0 fully saturated rings. The zero-order valence-corrected chi connectivity index (χ0v) is 12.3. The summed E-state index contributed by atoms with van der Waals surface area (Å²) in [5, 5.41) is 3.26. The number of imidazole rings is 1. The van der Waals surface area contributed by atoms with Crippen LogP contribution in [0, 0.1) is 0 Å². The van der Waals surface area contributed by atoms with E-state index in [1.807, 2.05) is 9.13 Å². The molecule has 0 atom stereocenters. The molecule has 0 bridgehead atoms. The molecule has 2 aromatic heterocycles. The first-order chi connectivity index (χ1) is 8.27. The van der Waals surface area contributed by atoms with Gasteiger partial charge >= 0.3 is 0 Å². The fourth-order valence-electron chi connectivity index (χ4n) is 1.80. The van der Waals surface area contributed by atoms with Crippen molar-refractivity contribution in [3.05, 3.63) is 12.7 Å². The van der Waals surface area contributed by atoms with Gasteiger partial charge in [-0.3, -0.25) is 0 Å². The summed E-state index contributed by atoms with van der Waals surface area (Å²) < 4.78 is 3.91. The molecule has 100 valence electrons. The Morgan fingerprint density at radius 1 is 1.39 bits per heavy atom. The van der Waals surface area contributed by atoms with Crippen LogP contribution in [0.1, 0.15) is 13.8 Å². The minimum Gasteiger partial charge on any atom is -1.00 e. The van der Waals surface area contributed by atoms with Crippen LogP contribution in [0.25, 0.3) is 11.2 Å². The zero-order valence-electron chi connectivity index (χ0n) is 10.7. The summed E-state index contributed by atoms with van der Waals surface area (Å²) in [6.45, 7) is 7.64. The number of hydrogen-bond acceptors (Lipinski definition) is 4. The number of fused-ring (bicyclic) bond motifs is 1. The number of anilines is 1. The Morgan fingerprint density at radius 2 is 2.17 bits per heavy atom. The van der Waals surface area contributed by atoms with Gasteiger partial charge in [0, 0.05) is 13.1 Å². The van der Waals surface area contributed by atoms with E-state index in [0.717, 1.165) is 37.3 Å². The molecule has 0 radical (unpaired) electrons. The fraction of sp³-hybridized carbons (Fsp3) is 0.545. The molecule has 0 spiro atoms. The number of hydrogen-bond donors (Lipinski definition) is 2. The predicted molar refractivity (Wildman–Crippen MR) is 66.4 cm³/mol. The Morgan fingerprint density at radius 3 is 2.83 bits per heavy atom. The summed E-state index contributed by atoms with van der Waals surface area (Å²) in [7, 11) is 0. The van der Waals surface area contributed by atoms with E-state index in [4.69, 9.17) is 5.73 Å². The first-order valence-corrected chi connectivity index (χ1v) is 5.97. The molecule has 3 N–H and O–H groups in total. The number of aryl methyl sites for hydroxylation is 1. The minimum absolute atomic E-state index is 0.